The standard InChI is InChI=1S/C53H62N4O6/c1-32-18-22-56(46(24-32)35-10-12-36(13-11-35)52(58)59)31-45-43-17-21-55-51(43)40(29-49(45)63-4)27-39-26-38(14-15-41(39)53(60)61)47-28-37(34-8-6-5-7-9-34)19-23-57(47)30-44-42-16-20-54-50(42)33(2)25-48(44)62-3/h10-17,20-21,25-26,29,32,34,37,46-47,54-55H,5-9,18-19,22-24,27-28,30-31H2,1-4H3,(H,58,59)(H,60,61)/t32-,37?,46+,47+/m1/s1. The Kier molecular flexibility index (Phi) is 12.4. The molecule has 1 saturated carbocycles. The van der Waals surface area contributed by atoms with Gasteiger partial charge in [0.15, 0.2) is 0 Å². The molecule has 1 unspecified atom stereocenters. The highest BCUT2D eigenvalue weighted by molar-refractivity contribution is 5.92. The average molecular weight is 851 g/mol. The summed E-state index contributed by atoms with van der Waals surface area (Å²) in [6.07, 6.45) is 15.2. The molecule has 4 atom stereocenters. The third kappa shape index (κ3) is 8.60. The Morgan fingerprint density at radius 3 is 1.95 bits per heavy atom. The van der Waals surface area contributed by atoms with Gasteiger partial charge in [0.05, 0.1) is 25.3 Å². The summed E-state index contributed by atoms with van der Waals surface area (Å²) in [4.78, 5) is 36.7. The second kappa shape index (κ2) is 18.3. The van der Waals surface area contributed by atoms with Gasteiger partial charge in [-0.3, -0.25) is 9.80 Å². The number of aromatic carboxylic acids is 2. The van der Waals surface area contributed by atoms with E-state index in [0.717, 1.165) is 107 Å². The summed E-state index contributed by atoms with van der Waals surface area (Å²) in [6.45, 7) is 7.69. The number of aryl methyl sites for hydroxylation is 1. The van der Waals surface area contributed by atoms with Crippen molar-refractivity contribution in [3.63, 3.8) is 0 Å². The van der Waals surface area contributed by atoms with Crippen molar-refractivity contribution in [2.24, 2.45) is 17.8 Å². The van der Waals surface area contributed by atoms with Crippen molar-refractivity contribution >= 4 is 33.7 Å². The summed E-state index contributed by atoms with van der Waals surface area (Å²) >= 11 is 0. The molecule has 0 bridgehead atoms. The van der Waals surface area contributed by atoms with Gasteiger partial charge in [-0.15, -0.1) is 0 Å². The van der Waals surface area contributed by atoms with Gasteiger partial charge < -0.3 is 29.7 Å². The zero-order valence-electron chi connectivity index (χ0n) is 37.2. The number of carbonyl (C=O) groups is 2. The second-order valence-electron chi connectivity index (χ2n) is 18.7. The molecule has 2 aliphatic heterocycles. The third-order valence-corrected chi connectivity index (χ3v) is 15.0. The van der Waals surface area contributed by atoms with E-state index >= 15 is 0 Å². The number of nitrogens with one attached hydrogen (secondary N) is 2. The van der Waals surface area contributed by atoms with E-state index in [1.807, 2.05) is 30.6 Å². The molecule has 6 aromatic rings. The molecular formula is C53H62N4O6. The number of ether oxygens (including phenoxy) is 2. The Bertz CT molecular complexity index is 2600. The Morgan fingerprint density at radius 2 is 1.29 bits per heavy atom. The van der Waals surface area contributed by atoms with Crippen LogP contribution in [0.3, 0.4) is 0 Å². The minimum atomic E-state index is -0.926. The van der Waals surface area contributed by atoms with E-state index in [1.54, 1.807) is 26.4 Å². The topological polar surface area (TPSA) is 131 Å². The fraction of sp³-hybridized carbons (Fsp3) is 0.434. The average Bonchev–Trinajstić information content (AvgIpc) is 4.01. The maximum absolute atomic E-state index is 13.0. The Labute approximate surface area is 370 Å². The number of carboxylic acids is 2. The molecule has 3 aliphatic rings. The van der Waals surface area contributed by atoms with Crippen LogP contribution in [-0.2, 0) is 19.5 Å². The van der Waals surface area contributed by atoms with Crippen LogP contribution in [0.25, 0.3) is 21.8 Å². The lowest BCUT2D eigenvalue weighted by molar-refractivity contribution is 0.0673. The zero-order valence-corrected chi connectivity index (χ0v) is 37.2. The van der Waals surface area contributed by atoms with Crippen LogP contribution in [0.2, 0.25) is 0 Å². The number of aromatic nitrogens is 2. The van der Waals surface area contributed by atoms with Gasteiger partial charge in [-0.2, -0.15) is 0 Å². The first kappa shape index (κ1) is 42.7. The summed E-state index contributed by atoms with van der Waals surface area (Å²) in [6, 6.07) is 22.2. The number of aromatic amines is 2. The first-order valence-electron chi connectivity index (χ1n) is 23.1. The van der Waals surface area contributed by atoms with Crippen molar-refractivity contribution < 1.29 is 29.3 Å². The monoisotopic (exact) mass is 850 g/mol. The van der Waals surface area contributed by atoms with Crippen molar-refractivity contribution in [1.29, 1.82) is 0 Å². The molecule has 4 N–H and O–H groups in total. The number of nitrogens with zero attached hydrogens (tertiary/aromatic N) is 2. The molecule has 2 aromatic heterocycles. The zero-order chi connectivity index (χ0) is 43.8. The number of carboxylic acid groups (broad SMARTS) is 2. The fourth-order valence-electron chi connectivity index (χ4n) is 11.6. The number of rotatable bonds is 13. The van der Waals surface area contributed by atoms with Crippen LogP contribution in [0.15, 0.2) is 79.1 Å². The van der Waals surface area contributed by atoms with E-state index in [0.29, 0.717) is 30.4 Å². The smallest absolute Gasteiger partial charge is 0.335 e. The van der Waals surface area contributed by atoms with E-state index in [4.69, 9.17) is 9.47 Å². The van der Waals surface area contributed by atoms with Gasteiger partial charge in [0.2, 0.25) is 0 Å². The number of benzene rings is 4. The van der Waals surface area contributed by atoms with E-state index in [-0.39, 0.29) is 17.6 Å². The predicted molar refractivity (Wildman–Crippen MR) is 248 cm³/mol. The highest BCUT2D eigenvalue weighted by Crippen LogP contribution is 2.45. The molecule has 1 aliphatic carbocycles. The van der Waals surface area contributed by atoms with Crippen LogP contribution >= 0.6 is 0 Å². The molecule has 0 amide bonds. The van der Waals surface area contributed by atoms with Crippen molar-refractivity contribution in [2.45, 2.75) is 103 Å². The summed E-state index contributed by atoms with van der Waals surface area (Å²) < 4.78 is 12.2. The first-order valence-corrected chi connectivity index (χ1v) is 23.1. The van der Waals surface area contributed by atoms with Gasteiger partial charge in [-0.05, 0) is 134 Å². The maximum atomic E-state index is 13.0. The summed E-state index contributed by atoms with van der Waals surface area (Å²) in [5, 5.41) is 22.4. The van der Waals surface area contributed by atoms with E-state index in [1.165, 1.54) is 48.6 Å². The number of fused-ring (bicyclic) bond motifs is 2. The van der Waals surface area contributed by atoms with Crippen LogP contribution in [0.5, 0.6) is 11.5 Å². The second-order valence-corrected chi connectivity index (χ2v) is 18.7. The number of hydrogen-bond donors (Lipinski definition) is 4. The lowest BCUT2D eigenvalue weighted by atomic mass is 9.73. The molecule has 10 nitrogen and oxygen atoms in total. The minimum Gasteiger partial charge on any atom is -0.496 e. The van der Waals surface area contributed by atoms with Gasteiger partial charge >= 0.3 is 11.9 Å². The van der Waals surface area contributed by atoms with E-state index in [9.17, 15) is 19.8 Å². The third-order valence-electron chi connectivity index (χ3n) is 15.0. The number of piperidine rings is 2. The van der Waals surface area contributed by atoms with Crippen LogP contribution in [0, 0.1) is 24.7 Å². The minimum absolute atomic E-state index is 0.121. The first-order chi connectivity index (χ1) is 30.6. The van der Waals surface area contributed by atoms with Crippen LogP contribution in [-0.4, -0.2) is 69.2 Å². The normalized spacial score (nSPS) is 21.5. The Morgan fingerprint density at radius 1 is 0.667 bits per heavy atom. The number of likely N-dealkylation sites (tertiary alicyclic amines) is 2. The molecule has 4 aromatic carbocycles. The molecule has 0 radical (unpaired) electrons. The van der Waals surface area contributed by atoms with Crippen molar-refractivity contribution in [1.82, 2.24) is 19.8 Å². The molecule has 330 valence electrons. The summed E-state index contributed by atoms with van der Waals surface area (Å²) in [5.41, 5.74) is 10.2. The Hall–Kier alpha value is -5.58. The number of H-pyrrole nitrogens is 2. The largest absolute Gasteiger partial charge is 0.496 e. The van der Waals surface area contributed by atoms with Crippen molar-refractivity contribution in [3.05, 3.63) is 129 Å². The maximum Gasteiger partial charge on any atom is 0.335 e. The van der Waals surface area contributed by atoms with Gasteiger partial charge in [0.1, 0.15) is 11.5 Å². The SMILES string of the molecule is COc1cc(C)c2[nH]ccc2c1CN1CCC(C2CCCCC2)C[C@H]1c1ccc(C(=O)O)c(Cc2cc(OC)c(CN3CC[C@@H](C)C[C@H]3c3ccc(C(=O)O)cc3)c3cc[nH]c23)c1. The van der Waals surface area contributed by atoms with E-state index in [2.05, 4.69) is 70.0 Å². The summed E-state index contributed by atoms with van der Waals surface area (Å²) in [5.74, 6) is 1.74. The van der Waals surface area contributed by atoms with Gasteiger partial charge in [0.25, 0.3) is 0 Å². The molecular weight excluding hydrogens is 789 g/mol. The molecule has 4 heterocycles. The van der Waals surface area contributed by atoms with Crippen LogP contribution in [0.1, 0.15) is 136 Å². The molecule has 3 fully saturated rings. The molecule has 2 saturated heterocycles. The van der Waals surface area contributed by atoms with Crippen molar-refractivity contribution in [2.75, 3.05) is 27.3 Å². The van der Waals surface area contributed by atoms with Gasteiger partial charge in [-0.25, -0.2) is 9.59 Å². The van der Waals surface area contributed by atoms with E-state index < -0.39 is 11.9 Å². The molecule has 10 heteroatoms. The van der Waals surface area contributed by atoms with Gasteiger partial charge in [0, 0.05) is 76.9 Å². The predicted octanol–water partition coefficient (Wildman–Crippen LogP) is 11.5. The lowest BCUT2D eigenvalue weighted by Crippen LogP contribution is -2.39. The molecule has 0 spiro atoms. The quantitative estimate of drug-likeness (QED) is 0.0903. The van der Waals surface area contributed by atoms with Crippen molar-refractivity contribution in [3.8, 4) is 11.5 Å². The molecule has 63 heavy (non-hydrogen) atoms. The van der Waals surface area contributed by atoms with Crippen LogP contribution < -0.4 is 9.47 Å². The number of methoxy groups -OCH3 is 2. The Balaban J connectivity index is 1.06. The fourth-order valence-corrected chi connectivity index (χ4v) is 11.6. The summed E-state index contributed by atoms with van der Waals surface area (Å²) in [7, 11) is 3.48. The highest BCUT2D eigenvalue weighted by atomic mass is 16.5. The van der Waals surface area contributed by atoms with Gasteiger partial charge in [-0.1, -0.05) is 63.3 Å². The highest BCUT2D eigenvalue weighted by Gasteiger charge is 2.36. The lowest BCUT2D eigenvalue weighted by Gasteiger charge is -2.43. The van der Waals surface area contributed by atoms with Crippen LogP contribution in [0.4, 0.5) is 0 Å². The number of hydrogen-bond acceptors (Lipinski definition) is 6. The molecule has 9 rings (SSSR count).